The van der Waals surface area contributed by atoms with Crippen molar-refractivity contribution in [1.29, 1.82) is 0 Å². The van der Waals surface area contributed by atoms with E-state index >= 15 is 4.39 Å². The largest absolute Gasteiger partial charge is 0.693 e. The molecular formula is C23H29ClFN3O9P+. The van der Waals surface area contributed by atoms with E-state index in [0.29, 0.717) is 5.02 Å². The molecule has 1 aliphatic rings. The normalized spacial score (nSPS) is 24.4. The van der Waals surface area contributed by atoms with Gasteiger partial charge < -0.3 is 14.6 Å². The second-order valence-corrected chi connectivity index (χ2v) is 10.4. The van der Waals surface area contributed by atoms with E-state index in [4.69, 9.17) is 30.4 Å². The van der Waals surface area contributed by atoms with Crippen LogP contribution in [0.2, 0.25) is 5.02 Å². The molecule has 12 nitrogen and oxygen atoms in total. The van der Waals surface area contributed by atoms with Crippen LogP contribution in [0.4, 0.5) is 4.39 Å². The molecule has 1 saturated heterocycles. The van der Waals surface area contributed by atoms with Crippen LogP contribution in [0, 0.1) is 0 Å². The van der Waals surface area contributed by atoms with Crippen LogP contribution >= 0.6 is 19.8 Å². The first kappa shape index (κ1) is 29.9. The number of hydrogen-bond acceptors (Lipinski definition) is 9. The Kier molecular flexibility index (Phi) is 9.80. The van der Waals surface area contributed by atoms with Crippen LogP contribution in [0.5, 0.6) is 5.75 Å². The van der Waals surface area contributed by atoms with Gasteiger partial charge in [0.05, 0.1) is 10.9 Å². The first-order valence-electron chi connectivity index (χ1n) is 11.7. The Morgan fingerprint density at radius 2 is 1.97 bits per heavy atom. The number of ether oxygens (including phenoxy) is 2. The molecule has 1 fully saturated rings. The highest BCUT2D eigenvalue weighted by Crippen LogP contribution is 2.42. The highest BCUT2D eigenvalue weighted by atomic mass is 35.5. The number of aromatic nitrogens is 2. The Morgan fingerprint density at radius 3 is 2.55 bits per heavy atom. The van der Waals surface area contributed by atoms with Crippen molar-refractivity contribution >= 4 is 25.7 Å². The van der Waals surface area contributed by atoms with Gasteiger partial charge >= 0.3 is 19.8 Å². The summed E-state index contributed by atoms with van der Waals surface area (Å²) in [5.41, 5.74) is -4.11. The van der Waals surface area contributed by atoms with Crippen molar-refractivity contribution in [3.05, 3.63) is 62.4 Å². The minimum atomic E-state index is -2.86. The first-order chi connectivity index (χ1) is 17.8. The van der Waals surface area contributed by atoms with Crippen LogP contribution < -0.4 is 15.8 Å². The van der Waals surface area contributed by atoms with E-state index in [1.807, 2.05) is 4.98 Å². The number of hydrogen-bond donors (Lipinski definition) is 2. The second kappa shape index (κ2) is 12.5. The van der Waals surface area contributed by atoms with Crippen LogP contribution in [0.15, 0.2) is 46.1 Å². The number of benzene rings is 1. The molecule has 1 aromatic carbocycles. The molecule has 3 rings (SSSR count). The number of esters is 1. The average molecular weight is 577 g/mol. The van der Waals surface area contributed by atoms with Gasteiger partial charge in [0.15, 0.2) is 23.7 Å². The van der Waals surface area contributed by atoms with Crippen molar-refractivity contribution in [3.8, 4) is 5.75 Å². The zero-order valence-electron chi connectivity index (χ0n) is 21.1. The van der Waals surface area contributed by atoms with E-state index in [1.165, 1.54) is 24.3 Å². The van der Waals surface area contributed by atoms with E-state index in [9.17, 15) is 24.1 Å². The number of hydroxylamine groups is 1. The number of nitrogens with one attached hydrogen (secondary N) is 1. The molecule has 208 valence electrons. The molecule has 0 aliphatic carbocycles. The lowest BCUT2D eigenvalue weighted by Crippen LogP contribution is -2.45. The number of carbonyl (C=O) groups is 1. The molecule has 0 amide bonds. The zero-order valence-corrected chi connectivity index (χ0v) is 22.7. The van der Waals surface area contributed by atoms with Crippen LogP contribution in [-0.2, 0) is 23.7 Å². The van der Waals surface area contributed by atoms with Gasteiger partial charge in [0.25, 0.3) is 5.56 Å². The van der Waals surface area contributed by atoms with Gasteiger partial charge in [-0.25, -0.2) is 13.7 Å². The first-order valence-corrected chi connectivity index (χ1v) is 13.2. The number of nitrogens with zero attached hydrogens (tertiary/aromatic N) is 2. The standard InChI is InChI=1S/C23H28ClFN3O9P/c1-5-16(20(31)35-13(2)3)28(38(33)37-15-8-6-14(24)7-9-15)34-12-17-19(30)23(4,25)21(36-17)27-11-10-18(29)26-22(27)32/h6-11,13,16-17,19,21,30H,5,12H2,1-4H3/p+1/t16?,17-,19-,21?,23-/m1/s1. The summed E-state index contributed by atoms with van der Waals surface area (Å²) < 4.78 is 45.8. The third-order valence-electron chi connectivity index (χ3n) is 5.63. The van der Waals surface area contributed by atoms with Crippen molar-refractivity contribution in [2.45, 2.75) is 70.4 Å². The summed E-state index contributed by atoms with van der Waals surface area (Å²) in [6.45, 7) is 5.36. The van der Waals surface area contributed by atoms with Gasteiger partial charge in [0, 0.05) is 21.9 Å². The summed E-state index contributed by atoms with van der Waals surface area (Å²) in [7, 11) is -2.86. The topological polar surface area (TPSA) is 149 Å². The highest BCUT2D eigenvalue weighted by molar-refractivity contribution is 7.36. The molecule has 0 spiro atoms. The summed E-state index contributed by atoms with van der Waals surface area (Å²) >= 11 is 5.87. The molecule has 0 bridgehead atoms. The summed E-state index contributed by atoms with van der Waals surface area (Å²) in [5.74, 6) is -0.575. The number of aliphatic hydroxyl groups is 1. The summed E-state index contributed by atoms with van der Waals surface area (Å²) in [5, 5.41) is 11.1. The Bertz CT molecular complexity index is 1250. The van der Waals surface area contributed by atoms with E-state index in [0.717, 1.165) is 28.6 Å². The molecule has 0 radical (unpaired) electrons. The van der Waals surface area contributed by atoms with Crippen LogP contribution in [0.3, 0.4) is 0 Å². The van der Waals surface area contributed by atoms with Gasteiger partial charge in [-0.1, -0.05) is 18.5 Å². The minimum absolute atomic E-state index is 0.0981. The van der Waals surface area contributed by atoms with Crippen LogP contribution in [0.1, 0.15) is 40.3 Å². The number of alkyl halides is 1. The molecule has 2 aromatic rings. The van der Waals surface area contributed by atoms with Gasteiger partial charge in [0.2, 0.25) is 0 Å². The van der Waals surface area contributed by atoms with Crippen molar-refractivity contribution in [2.24, 2.45) is 0 Å². The number of halogens is 2. The molecule has 1 aromatic heterocycles. The van der Waals surface area contributed by atoms with E-state index in [1.54, 1.807) is 20.8 Å². The Hall–Kier alpha value is -2.67. The molecule has 3 unspecified atom stereocenters. The van der Waals surface area contributed by atoms with Gasteiger partial charge in [-0.2, -0.15) is 0 Å². The van der Waals surface area contributed by atoms with Crippen molar-refractivity contribution < 1.29 is 37.7 Å². The number of rotatable bonds is 11. The lowest BCUT2D eigenvalue weighted by Gasteiger charge is -2.24. The maximum atomic E-state index is 15.5. The third kappa shape index (κ3) is 6.85. The van der Waals surface area contributed by atoms with E-state index in [-0.39, 0.29) is 12.2 Å². The third-order valence-corrected chi connectivity index (χ3v) is 6.96. The maximum absolute atomic E-state index is 15.5. The van der Waals surface area contributed by atoms with E-state index < -0.39 is 68.3 Å². The fourth-order valence-corrected chi connectivity index (χ4v) is 4.87. The van der Waals surface area contributed by atoms with Crippen LogP contribution in [0.25, 0.3) is 0 Å². The maximum Gasteiger partial charge on any atom is 0.693 e. The monoisotopic (exact) mass is 576 g/mol. The Labute approximate surface area is 223 Å². The van der Waals surface area contributed by atoms with Gasteiger partial charge in [-0.3, -0.25) is 24.0 Å². The number of H-pyrrole nitrogens is 1. The predicted molar refractivity (Wildman–Crippen MR) is 134 cm³/mol. The van der Waals surface area contributed by atoms with Crippen molar-refractivity contribution in [1.82, 2.24) is 14.4 Å². The minimum Gasteiger partial charge on any atom is -0.462 e. The number of carbonyl (C=O) groups excluding carboxylic acids is 1. The Morgan fingerprint density at radius 1 is 1.32 bits per heavy atom. The fourth-order valence-electron chi connectivity index (χ4n) is 3.71. The molecule has 6 atom stereocenters. The SMILES string of the molecule is CCC(C(=O)OC(C)C)N(OC[C@H]1OC(n2ccc(=O)[nH]c2=O)[C@](C)(F)[C@@H]1O)[P+](=O)Oc1ccc(Cl)cc1. The van der Waals surface area contributed by atoms with Gasteiger partial charge in [0.1, 0.15) is 18.8 Å². The molecule has 38 heavy (non-hydrogen) atoms. The smallest absolute Gasteiger partial charge is 0.462 e. The molecule has 2 N–H and O–H groups in total. The second-order valence-electron chi connectivity index (χ2n) is 8.93. The van der Waals surface area contributed by atoms with Crippen molar-refractivity contribution in [3.63, 3.8) is 0 Å². The molecular weight excluding hydrogens is 548 g/mol. The number of aliphatic hydroxyl groups excluding tert-OH is 1. The summed E-state index contributed by atoms with van der Waals surface area (Å²) in [6.07, 6.45) is -4.12. The molecule has 15 heteroatoms. The quantitative estimate of drug-likeness (QED) is 0.232. The Balaban J connectivity index is 1.83. The fraction of sp³-hybridized carbons (Fsp3) is 0.522. The lowest BCUT2D eigenvalue weighted by atomic mass is 9.98. The van der Waals surface area contributed by atoms with Gasteiger partial charge in [-0.05, 0) is 51.5 Å². The van der Waals surface area contributed by atoms with Gasteiger partial charge in [-0.15, -0.1) is 0 Å². The molecule has 2 heterocycles. The van der Waals surface area contributed by atoms with Crippen LogP contribution in [-0.4, -0.2) is 62.1 Å². The predicted octanol–water partition coefficient (Wildman–Crippen LogP) is 2.88. The summed E-state index contributed by atoms with van der Waals surface area (Å²) in [4.78, 5) is 44.7. The highest BCUT2D eigenvalue weighted by Gasteiger charge is 2.56. The van der Waals surface area contributed by atoms with E-state index in [2.05, 4.69) is 0 Å². The number of aromatic amines is 1. The average Bonchev–Trinajstić information content (AvgIpc) is 3.06. The lowest BCUT2D eigenvalue weighted by molar-refractivity contribution is -0.185. The molecule has 1 aliphatic heterocycles. The molecule has 0 saturated carbocycles. The zero-order chi connectivity index (χ0) is 28.2. The van der Waals surface area contributed by atoms with Crippen molar-refractivity contribution in [2.75, 3.05) is 6.61 Å². The summed E-state index contributed by atoms with van der Waals surface area (Å²) in [6, 6.07) is 5.77.